The minimum atomic E-state index is -0.0537. The molecule has 0 saturated heterocycles. The quantitative estimate of drug-likeness (QED) is 0.556. The molecule has 0 aliphatic carbocycles. The standard InChI is InChI=1S/C12H19ClN2O2/c1-9(13)11-8-14-12(15-10(11)2)4-5-17-7-6-16-3/h8-9H,4-7H2,1-3H3. The van der Waals surface area contributed by atoms with Crippen LogP contribution in [-0.2, 0) is 15.9 Å². The normalized spacial score (nSPS) is 12.7. The molecule has 1 aromatic heterocycles. The molecule has 1 aromatic rings. The third kappa shape index (κ3) is 4.98. The van der Waals surface area contributed by atoms with E-state index in [-0.39, 0.29) is 5.38 Å². The molecule has 0 saturated carbocycles. The predicted octanol–water partition coefficient (Wildman–Crippen LogP) is 2.29. The number of methoxy groups -OCH3 is 1. The van der Waals surface area contributed by atoms with E-state index >= 15 is 0 Å². The first kappa shape index (κ1) is 14.4. The lowest BCUT2D eigenvalue weighted by Crippen LogP contribution is -2.08. The van der Waals surface area contributed by atoms with E-state index in [2.05, 4.69) is 9.97 Å². The summed E-state index contributed by atoms with van der Waals surface area (Å²) in [6.07, 6.45) is 2.51. The number of alkyl halides is 1. The number of hydrogen-bond donors (Lipinski definition) is 0. The molecule has 5 heteroatoms. The second-order valence-corrected chi connectivity index (χ2v) is 4.45. The lowest BCUT2D eigenvalue weighted by atomic mass is 10.2. The van der Waals surface area contributed by atoms with Crippen molar-refractivity contribution in [2.45, 2.75) is 25.6 Å². The van der Waals surface area contributed by atoms with E-state index in [1.54, 1.807) is 13.3 Å². The Morgan fingerprint density at radius 3 is 2.71 bits per heavy atom. The Hall–Kier alpha value is -0.710. The molecule has 0 fully saturated rings. The van der Waals surface area contributed by atoms with Crippen LogP contribution in [0.3, 0.4) is 0 Å². The molecule has 0 aliphatic rings. The molecule has 1 unspecified atom stereocenters. The van der Waals surface area contributed by atoms with E-state index in [4.69, 9.17) is 21.1 Å². The molecule has 1 heterocycles. The van der Waals surface area contributed by atoms with Crippen molar-refractivity contribution in [2.24, 2.45) is 0 Å². The summed E-state index contributed by atoms with van der Waals surface area (Å²) >= 11 is 6.00. The van der Waals surface area contributed by atoms with Crippen LogP contribution in [0.2, 0.25) is 0 Å². The van der Waals surface area contributed by atoms with Crippen LogP contribution in [0, 0.1) is 6.92 Å². The molecule has 0 radical (unpaired) electrons. The van der Waals surface area contributed by atoms with Gasteiger partial charge < -0.3 is 9.47 Å². The third-order valence-corrected chi connectivity index (χ3v) is 2.63. The maximum Gasteiger partial charge on any atom is 0.130 e. The fourth-order valence-corrected chi connectivity index (χ4v) is 1.66. The molecule has 17 heavy (non-hydrogen) atoms. The number of ether oxygens (including phenoxy) is 2. The SMILES string of the molecule is COCCOCCc1ncc(C(C)Cl)c(C)n1. The molecule has 1 atom stereocenters. The van der Waals surface area contributed by atoms with E-state index < -0.39 is 0 Å². The highest BCUT2D eigenvalue weighted by Crippen LogP contribution is 2.20. The highest BCUT2D eigenvalue weighted by atomic mass is 35.5. The molecule has 96 valence electrons. The minimum Gasteiger partial charge on any atom is -0.382 e. The van der Waals surface area contributed by atoms with Gasteiger partial charge in [0.05, 0.1) is 25.2 Å². The average Bonchev–Trinajstić information content (AvgIpc) is 2.28. The third-order valence-electron chi connectivity index (χ3n) is 2.40. The van der Waals surface area contributed by atoms with Crippen LogP contribution < -0.4 is 0 Å². The van der Waals surface area contributed by atoms with Crippen molar-refractivity contribution < 1.29 is 9.47 Å². The topological polar surface area (TPSA) is 44.2 Å². The van der Waals surface area contributed by atoms with Crippen LogP contribution >= 0.6 is 11.6 Å². The Kier molecular flexibility index (Phi) is 6.40. The molecular weight excluding hydrogens is 240 g/mol. The first-order valence-corrected chi connectivity index (χ1v) is 6.12. The maximum absolute atomic E-state index is 6.00. The Labute approximate surface area is 107 Å². The number of rotatable bonds is 7. The number of aryl methyl sites for hydroxylation is 1. The lowest BCUT2D eigenvalue weighted by molar-refractivity contribution is 0.0716. The van der Waals surface area contributed by atoms with Gasteiger partial charge in [-0.15, -0.1) is 11.6 Å². The Morgan fingerprint density at radius 1 is 1.35 bits per heavy atom. The summed E-state index contributed by atoms with van der Waals surface area (Å²) in [5.41, 5.74) is 1.92. The van der Waals surface area contributed by atoms with Crippen LogP contribution in [0.4, 0.5) is 0 Å². The zero-order valence-electron chi connectivity index (χ0n) is 10.6. The van der Waals surface area contributed by atoms with Gasteiger partial charge in [-0.3, -0.25) is 0 Å². The van der Waals surface area contributed by atoms with Gasteiger partial charge in [-0.2, -0.15) is 0 Å². The van der Waals surface area contributed by atoms with Crippen LogP contribution in [-0.4, -0.2) is 36.9 Å². The van der Waals surface area contributed by atoms with Crippen LogP contribution in [0.5, 0.6) is 0 Å². The Bertz CT molecular complexity index is 345. The molecule has 0 spiro atoms. The van der Waals surface area contributed by atoms with Gasteiger partial charge in [-0.05, 0) is 13.8 Å². The van der Waals surface area contributed by atoms with Crippen molar-refractivity contribution in [2.75, 3.05) is 26.9 Å². The summed E-state index contributed by atoms with van der Waals surface area (Å²) < 4.78 is 10.2. The van der Waals surface area contributed by atoms with Crippen molar-refractivity contribution in [3.8, 4) is 0 Å². The fraction of sp³-hybridized carbons (Fsp3) is 0.667. The molecular formula is C12H19ClN2O2. The molecule has 1 rings (SSSR count). The predicted molar refractivity (Wildman–Crippen MR) is 67.4 cm³/mol. The first-order chi connectivity index (χ1) is 8.15. The van der Waals surface area contributed by atoms with E-state index in [1.165, 1.54) is 0 Å². The van der Waals surface area contributed by atoms with Crippen LogP contribution in [0.1, 0.15) is 29.4 Å². The van der Waals surface area contributed by atoms with Crippen molar-refractivity contribution >= 4 is 11.6 Å². The Balaban J connectivity index is 2.42. The van der Waals surface area contributed by atoms with Gasteiger partial charge in [0.25, 0.3) is 0 Å². The summed E-state index contributed by atoms with van der Waals surface area (Å²) in [5.74, 6) is 0.793. The van der Waals surface area contributed by atoms with Crippen molar-refractivity contribution in [3.63, 3.8) is 0 Å². The van der Waals surface area contributed by atoms with E-state index in [0.717, 1.165) is 17.1 Å². The summed E-state index contributed by atoms with van der Waals surface area (Å²) in [6.45, 7) is 5.69. The number of nitrogens with zero attached hydrogens (tertiary/aromatic N) is 2. The molecule has 0 N–H and O–H groups in total. The zero-order chi connectivity index (χ0) is 12.7. The van der Waals surface area contributed by atoms with Crippen LogP contribution in [0.25, 0.3) is 0 Å². The minimum absolute atomic E-state index is 0.0537. The maximum atomic E-state index is 6.00. The second kappa shape index (κ2) is 7.58. The average molecular weight is 259 g/mol. The van der Waals surface area contributed by atoms with Gasteiger partial charge in [0.2, 0.25) is 0 Å². The molecule has 0 bridgehead atoms. The summed E-state index contributed by atoms with van der Waals surface area (Å²) in [7, 11) is 1.65. The number of hydrogen-bond acceptors (Lipinski definition) is 4. The highest BCUT2D eigenvalue weighted by Gasteiger charge is 2.08. The fourth-order valence-electron chi connectivity index (χ4n) is 1.44. The number of aromatic nitrogens is 2. The van der Waals surface area contributed by atoms with E-state index in [1.807, 2.05) is 13.8 Å². The van der Waals surface area contributed by atoms with Gasteiger partial charge in [0.1, 0.15) is 5.82 Å². The number of halogens is 1. The van der Waals surface area contributed by atoms with E-state index in [0.29, 0.717) is 26.2 Å². The smallest absolute Gasteiger partial charge is 0.130 e. The summed E-state index contributed by atoms with van der Waals surface area (Å²) in [5, 5.41) is -0.0537. The molecule has 0 aliphatic heterocycles. The largest absolute Gasteiger partial charge is 0.382 e. The molecule has 0 aromatic carbocycles. The van der Waals surface area contributed by atoms with Gasteiger partial charge in [0.15, 0.2) is 0 Å². The van der Waals surface area contributed by atoms with Gasteiger partial charge in [-0.1, -0.05) is 0 Å². The second-order valence-electron chi connectivity index (χ2n) is 3.80. The van der Waals surface area contributed by atoms with Crippen LogP contribution in [0.15, 0.2) is 6.20 Å². The zero-order valence-corrected chi connectivity index (χ0v) is 11.3. The Morgan fingerprint density at radius 2 is 2.12 bits per heavy atom. The van der Waals surface area contributed by atoms with E-state index in [9.17, 15) is 0 Å². The summed E-state index contributed by atoms with van der Waals surface area (Å²) in [6, 6.07) is 0. The van der Waals surface area contributed by atoms with Gasteiger partial charge >= 0.3 is 0 Å². The molecule has 0 amide bonds. The van der Waals surface area contributed by atoms with Crippen molar-refractivity contribution in [3.05, 3.63) is 23.3 Å². The van der Waals surface area contributed by atoms with Gasteiger partial charge in [0, 0.05) is 31.0 Å². The van der Waals surface area contributed by atoms with Crippen molar-refractivity contribution in [1.82, 2.24) is 9.97 Å². The van der Waals surface area contributed by atoms with Crippen molar-refractivity contribution in [1.29, 1.82) is 0 Å². The lowest BCUT2D eigenvalue weighted by Gasteiger charge is -2.08. The summed E-state index contributed by atoms with van der Waals surface area (Å²) in [4.78, 5) is 8.68. The monoisotopic (exact) mass is 258 g/mol. The molecule has 4 nitrogen and oxygen atoms in total. The van der Waals surface area contributed by atoms with Gasteiger partial charge in [-0.25, -0.2) is 9.97 Å². The first-order valence-electron chi connectivity index (χ1n) is 5.68. The highest BCUT2D eigenvalue weighted by molar-refractivity contribution is 6.20.